The normalized spacial score (nSPS) is 12.1. The Morgan fingerprint density at radius 3 is 2.48 bits per heavy atom. The highest BCUT2D eigenvalue weighted by molar-refractivity contribution is 5.95. The van der Waals surface area contributed by atoms with Crippen molar-refractivity contribution in [1.82, 2.24) is 25.6 Å². The molecule has 25 heavy (non-hydrogen) atoms. The summed E-state index contributed by atoms with van der Waals surface area (Å²) < 4.78 is 0. The van der Waals surface area contributed by atoms with E-state index in [9.17, 15) is 14.9 Å². The topological polar surface area (TPSA) is 128 Å². The number of carbonyl (C=O) groups excluding carboxylic acids is 1. The van der Waals surface area contributed by atoms with Crippen molar-refractivity contribution in [3.63, 3.8) is 0 Å². The smallest absolute Gasteiger partial charge is 0.390 e. The Labute approximate surface area is 144 Å². The number of nitrogens with zero attached hydrogens (tertiary/aromatic N) is 6. The van der Waals surface area contributed by atoms with Crippen LogP contribution in [0.4, 0.5) is 5.95 Å². The summed E-state index contributed by atoms with van der Waals surface area (Å²) in [6.45, 7) is 8.00. The van der Waals surface area contributed by atoms with Crippen LogP contribution in [0.15, 0.2) is 29.4 Å². The number of hydrogen-bond donors (Lipinski definition) is 1. The maximum Gasteiger partial charge on any atom is 0.514 e. The first-order chi connectivity index (χ1) is 11.7. The first kappa shape index (κ1) is 18.2. The van der Waals surface area contributed by atoms with E-state index in [1.54, 1.807) is 19.1 Å². The third-order valence-electron chi connectivity index (χ3n) is 3.34. The van der Waals surface area contributed by atoms with Gasteiger partial charge in [0.25, 0.3) is 5.91 Å². The molecule has 0 unspecified atom stereocenters. The number of hydrazone groups is 1. The summed E-state index contributed by atoms with van der Waals surface area (Å²) >= 11 is 0. The predicted octanol–water partition coefficient (Wildman–Crippen LogP) is 1.68. The molecule has 0 fully saturated rings. The zero-order valence-electron chi connectivity index (χ0n) is 14.4. The SMILES string of the molecule is C/C(Cn1nnc([N+](=O)[O-])n1)=N\NC(=O)c1ccc(C(C)(C)C)cc1. The molecule has 0 aliphatic rings. The van der Waals surface area contributed by atoms with Gasteiger partial charge in [0.2, 0.25) is 0 Å². The fraction of sp³-hybridized carbons (Fsp3) is 0.400. The van der Waals surface area contributed by atoms with Crippen molar-refractivity contribution in [2.75, 3.05) is 0 Å². The van der Waals surface area contributed by atoms with Gasteiger partial charge in [-0.05, 0) is 35.0 Å². The minimum Gasteiger partial charge on any atom is -0.390 e. The summed E-state index contributed by atoms with van der Waals surface area (Å²) in [6, 6.07) is 7.29. The summed E-state index contributed by atoms with van der Waals surface area (Å²) in [5, 5.41) is 24.8. The molecule has 1 aromatic carbocycles. The van der Waals surface area contributed by atoms with Gasteiger partial charge in [0, 0.05) is 10.8 Å². The molecule has 1 aromatic heterocycles. The molecule has 1 amide bonds. The molecule has 2 rings (SSSR count). The third-order valence-corrected chi connectivity index (χ3v) is 3.34. The van der Waals surface area contributed by atoms with E-state index in [2.05, 4.69) is 46.7 Å². The molecule has 132 valence electrons. The fourth-order valence-electron chi connectivity index (χ4n) is 1.95. The molecule has 0 atom stereocenters. The lowest BCUT2D eigenvalue weighted by molar-refractivity contribution is -0.394. The van der Waals surface area contributed by atoms with Crippen LogP contribution in [0, 0.1) is 10.1 Å². The molecular weight excluding hydrogens is 326 g/mol. The van der Waals surface area contributed by atoms with Crippen LogP contribution in [0.25, 0.3) is 0 Å². The van der Waals surface area contributed by atoms with Crippen LogP contribution in [0.2, 0.25) is 0 Å². The summed E-state index contributed by atoms with van der Waals surface area (Å²) in [7, 11) is 0. The molecule has 1 N–H and O–H groups in total. The van der Waals surface area contributed by atoms with Crippen LogP contribution >= 0.6 is 0 Å². The Morgan fingerprint density at radius 2 is 1.96 bits per heavy atom. The summed E-state index contributed by atoms with van der Waals surface area (Å²) in [6.07, 6.45) is 0. The van der Waals surface area contributed by atoms with Crippen molar-refractivity contribution < 1.29 is 9.72 Å². The lowest BCUT2D eigenvalue weighted by Crippen LogP contribution is -2.21. The van der Waals surface area contributed by atoms with E-state index in [0.717, 1.165) is 10.4 Å². The average molecular weight is 345 g/mol. The van der Waals surface area contributed by atoms with E-state index in [1.165, 1.54) is 0 Å². The Balaban J connectivity index is 1.97. The first-order valence-corrected chi connectivity index (χ1v) is 7.53. The van der Waals surface area contributed by atoms with E-state index in [0.29, 0.717) is 11.3 Å². The zero-order valence-corrected chi connectivity index (χ0v) is 14.4. The number of rotatable bonds is 5. The largest absolute Gasteiger partial charge is 0.514 e. The highest BCUT2D eigenvalue weighted by atomic mass is 16.6. The van der Waals surface area contributed by atoms with Crippen LogP contribution in [0.3, 0.4) is 0 Å². The monoisotopic (exact) mass is 345 g/mol. The van der Waals surface area contributed by atoms with Crippen LogP contribution in [-0.4, -0.2) is 36.7 Å². The van der Waals surface area contributed by atoms with Crippen molar-refractivity contribution in [3.8, 4) is 0 Å². The molecule has 10 heteroatoms. The quantitative estimate of drug-likeness (QED) is 0.499. The first-order valence-electron chi connectivity index (χ1n) is 7.53. The molecule has 0 spiro atoms. The molecule has 1 heterocycles. The number of benzene rings is 1. The number of amides is 1. The van der Waals surface area contributed by atoms with E-state index < -0.39 is 10.9 Å². The van der Waals surface area contributed by atoms with Gasteiger partial charge in [-0.3, -0.25) is 4.79 Å². The molecular formula is C15H19N7O3. The maximum absolute atomic E-state index is 12.1. The zero-order chi connectivity index (χ0) is 18.6. The number of carbonyl (C=O) groups is 1. The van der Waals surface area contributed by atoms with Crippen LogP contribution in [0.1, 0.15) is 43.6 Å². The minimum absolute atomic E-state index is 0.0111. The lowest BCUT2D eigenvalue weighted by atomic mass is 9.87. The predicted molar refractivity (Wildman–Crippen MR) is 90.2 cm³/mol. The van der Waals surface area contributed by atoms with Crippen LogP contribution < -0.4 is 5.43 Å². The fourth-order valence-corrected chi connectivity index (χ4v) is 1.95. The highest BCUT2D eigenvalue weighted by Gasteiger charge is 2.16. The van der Waals surface area contributed by atoms with E-state index in [1.807, 2.05) is 12.1 Å². The van der Waals surface area contributed by atoms with Gasteiger partial charge < -0.3 is 10.1 Å². The van der Waals surface area contributed by atoms with Crippen molar-refractivity contribution >= 4 is 17.6 Å². The van der Waals surface area contributed by atoms with Gasteiger partial charge >= 0.3 is 5.95 Å². The third kappa shape index (κ3) is 4.90. The van der Waals surface area contributed by atoms with Crippen molar-refractivity contribution in [1.29, 1.82) is 0 Å². The van der Waals surface area contributed by atoms with Crippen LogP contribution in [0.5, 0.6) is 0 Å². The van der Waals surface area contributed by atoms with E-state index >= 15 is 0 Å². The molecule has 0 bridgehead atoms. The van der Waals surface area contributed by atoms with Gasteiger partial charge in [0.1, 0.15) is 6.54 Å². The Hall–Kier alpha value is -3.17. The number of nitro groups is 1. The molecule has 0 radical (unpaired) electrons. The van der Waals surface area contributed by atoms with Gasteiger partial charge in [-0.15, -0.1) is 0 Å². The molecule has 10 nitrogen and oxygen atoms in total. The number of hydrogen-bond acceptors (Lipinski definition) is 7. The molecule has 0 aliphatic heterocycles. The molecule has 0 aliphatic carbocycles. The standard InChI is InChI=1S/C15H19N7O3/c1-10(9-21-19-14(18-20-21)22(24)25)16-17-13(23)11-5-7-12(8-6-11)15(2,3)4/h5-8H,9H2,1-4H3,(H,17,23)/b16-10+. The van der Waals surface area contributed by atoms with Gasteiger partial charge in [-0.25, -0.2) is 5.43 Å². The summed E-state index contributed by atoms with van der Waals surface area (Å²) in [5.74, 6) is -0.937. The second kappa shape index (κ2) is 7.16. The summed E-state index contributed by atoms with van der Waals surface area (Å²) in [4.78, 5) is 22.9. The Kier molecular flexibility index (Phi) is 5.20. The lowest BCUT2D eigenvalue weighted by Gasteiger charge is -2.18. The van der Waals surface area contributed by atoms with Gasteiger partial charge in [0.15, 0.2) is 0 Å². The van der Waals surface area contributed by atoms with Crippen molar-refractivity contribution in [2.24, 2.45) is 5.10 Å². The molecule has 0 saturated carbocycles. The average Bonchev–Trinajstić information content (AvgIpc) is 3.00. The summed E-state index contributed by atoms with van der Waals surface area (Å²) in [5.41, 5.74) is 4.52. The van der Waals surface area contributed by atoms with Crippen LogP contribution in [-0.2, 0) is 12.0 Å². The van der Waals surface area contributed by atoms with E-state index in [4.69, 9.17) is 0 Å². The molecule has 0 saturated heterocycles. The number of nitrogens with one attached hydrogen (secondary N) is 1. The maximum atomic E-state index is 12.1. The number of aromatic nitrogens is 4. The number of tetrazole rings is 1. The Morgan fingerprint density at radius 1 is 1.32 bits per heavy atom. The van der Waals surface area contributed by atoms with E-state index in [-0.39, 0.29) is 17.9 Å². The second-order valence-corrected chi connectivity index (χ2v) is 6.49. The highest BCUT2D eigenvalue weighted by Crippen LogP contribution is 2.22. The van der Waals surface area contributed by atoms with Gasteiger partial charge in [-0.2, -0.15) is 5.10 Å². The van der Waals surface area contributed by atoms with Crippen molar-refractivity contribution in [2.45, 2.75) is 39.7 Å². The van der Waals surface area contributed by atoms with Gasteiger partial charge in [-0.1, -0.05) is 37.7 Å². The van der Waals surface area contributed by atoms with Crippen molar-refractivity contribution in [3.05, 3.63) is 45.5 Å². The Bertz CT molecular complexity index is 803. The second-order valence-electron chi connectivity index (χ2n) is 6.49. The van der Waals surface area contributed by atoms with Gasteiger partial charge in [0.05, 0.1) is 15.9 Å². The minimum atomic E-state index is -0.737. The molecule has 2 aromatic rings.